The van der Waals surface area contributed by atoms with Gasteiger partial charge in [-0.1, -0.05) is 48.0 Å². The average molecular weight is 582 g/mol. The molecule has 9 nitrogen and oxygen atoms in total. The molecule has 3 aromatic rings. The maximum absolute atomic E-state index is 14.0. The third-order valence-corrected chi connectivity index (χ3v) is 8.14. The molecular weight excluding hydrogens is 542 g/mol. The zero-order chi connectivity index (χ0) is 30.4. The molecule has 0 radical (unpaired) electrons. The number of hydrogen-bond donors (Lipinski definition) is 1. The number of para-hydroxylation sites is 1. The highest BCUT2D eigenvalue weighted by molar-refractivity contribution is 7.92. The molecule has 220 valence electrons. The van der Waals surface area contributed by atoms with Gasteiger partial charge in [-0.05, 0) is 64.4 Å². The summed E-state index contributed by atoms with van der Waals surface area (Å²) >= 11 is 0. The molecule has 3 rings (SSSR count). The van der Waals surface area contributed by atoms with E-state index in [0.717, 1.165) is 15.4 Å². The number of benzene rings is 3. The van der Waals surface area contributed by atoms with Gasteiger partial charge < -0.3 is 19.7 Å². The van der Waals surface area contributed by atoms with E-state index in [1.807, 2.05) is 52.0 Å². The Balaban J connectivity index is 2.05. The third-order valence-electron chi connectivity index (χ3n) is 6.37. The van der Waals surface area contributed by atoms with E-state index in [2.05, 4.69) is 5.32 Å². The van der Waals surface area contributed by atoms with Crippen LogP contribution in [0.1, 0.15) is 38.8 Å². The van der Waals surface area contributed by atoms with E-state index in [4.69, 9.17) is 9.47 Å². The van der Waals surface area contributed by atoms with Crippen LogP contribution in [-0.4, -0.2) is 57.5 Å². The predicted octanol–water partition coefficient (Wildman–Crippen LogP) is 4.54. The van der Waals surface area contributed by atoms with Gasteiger partial charge in [0.15, 0.2) is 11.5 Å². The van der Waals surface area contributed by atoms with Crippen molar-refractivity contribution in [2.24, 2.45) is 0 Å². The fourth-order valence-corrected chi connectivity index (χ4v) is 5.72. The summed E-state index contributed by atoms with van der Waals surface area (Å²) in [4.78, 5) is 28.6. The van der Waals surface area contributed by atoms with Crippen molar-refractivity contribution >= 4 is 27.5 Å². The standard InChI is InChI=1S/C31H39N3O6S/c1-22-12-11-13-24(18-22)20-33(23(2)30(36)32-31(3,4)5)29(35)21-34(25-14-9-8-10-15-25)41(37,38)26-16-17-27(39-6)28(19-26)40-7/h8-19,23H,20-21H2,1-7H3,(H,32,36)/t23-/m1/s1. The van der Waals surface area contributed by atoms with Crippen LogP contribution in [0.2, 0.25) is 0 Å². The van der Waals surface area contributed by atoms with Crippen LogP contribution in [0.3, 0.4) is 0 Å². The summed E-state index contributed by atoms with van der Waals surface area (Å²) in [6.07, 6.45) is 0. The van der Waals surface area contributed by atoms with E-state index in [9.17, 15) is 18.0 Å². The minimum Gasteiger partial charge on any atom is -0.493 e. The highest BCUT2D eigenvalue weighted by Gasteiger charge is 2.33. The molecular formula is C31H39N3O6S. The topological polar surface area (TPSA) is 105 Å². The molecule has 0 saturated heterocycles. The number of sulfonamides is 1. The van der Waals surface area contributed by atoms with E-state index in [1.165, 1.54) is 37.3 Å². The first-order chi connectivity index (χ1) is 19.3. The summed E-state index contributed by atoms with van der Waals surface area (Å²) in [7, 11) is -1.37. The van der Waals surface area contributed by atoms with Crippen LogP contribution in [0.15, 0.2) is 77.7 Å². The number of aryl methyl sites for hydroxylation is 1. The lowest BCUT2D eigenvalue weighted by Gasteiger charge is -2.33. The highest BCUT2D eigenvalue weighted by atomic mass is 32.2. The number of amides is 2. The molecule has 0 aliphatic rings. The first kappa shape index (κ1) is 31.5. The largest absolute Gasteiger partial charge is 0.493 e. The first-order valence-electron chi connectivity index (χ1n) is 13.2. The molecule has 0 aromatic heterocycles. The monoisotopic (exact) mass is 581 g/mol. The molecule has 0 bridgehead atoms. The van der Waals surface area contributed by atoms with Crippen molar-refractivity contribution in [3.63, 3.8) is 0 Å². The lowest BCUT2D eigenvalue weighted by Crippen LogP contribution is -2.54. The van der Waals surface area contributed by atoms with Gasteiger partial charge in [0, 0.05) is 18.2 Å². The Kier molecular flexibility index (Phi) is 10.0. The van der Waals surface area contributed by atoms with E-state index in [-0.39, 0.29) is 23.1 Å². The minimum atomic E-state index is -4.24. The van der Waals surface area contributed by atoms with Crippen LogP contribution in [0, 0.1) is 6.92 Å². The van der Waals surface area contributed by atoms with Crippen LogP contribution in [-0.2, 0) is 26.2 Å². The molecule has 3 aromatic carbocycles. The Morgan fingerprint density at radius 2 is 1.56 bits per heavy atom. The van der Waals surface area contributed by atoms with Gasteiger partial charge in [0.1, 0.15) is 12.6 Å². The van der Waals surface area contributed by atoms with Crippen molar-refractivity contribution < 1.29 is 27.5 Å². The van der Waals surface area contributed by atoms with Gasteiger partial charge in [0.25, 0.3) is 10.0 Å². The summed E-state index contributed by atoms with van der Waals surface area (Å²) in [6, 6.07) is 19.4. The fraction of sp³-hybridized carbons (Fsp3) is 0.355. The second kappa shape index (κ2) is 13.1. The number of rotatable bonds is 11. The SMILES string of the molecule is COc1ccc(S(=O)(=O)N(CC(=O)N(Cc2cccc(C)c2)[C@H](C)C(=O)NC(C)(C)C)c2ccccc2)cc1OC. The molecule has 0 heterocycles. The van der Waals surface area contributed by atoms with Crippen LogP contribution in [0.4, 0.5) is 5.69 Å². The van der Waals surface area contributed by atoms with Gasteiger partial charge in [-0.3, -0.25) is 13.9 Å². The summed E-state index contributed by atoms with van der Waals surface area (Å²) < 4.78 is 39.7. The zero-order valence-electron chi connectivity index (χ0n) is 24.7. The number of ether oxygens (including phenoxy) is 2. The lowest BCUT2D eigenvalue weighted by atomic mass is 10.1. The number of nitrogens with one attached hydrogen (secondary N) is 1. The Morgan fingerprint density at radius 1 is 0.902 bits per heavy atom. The molecule has 0 saturated carbocycles. The number of carbonyl (C=O) groups is 2. The van der Waals surface area contributed by atoms with Crippen molar-refractivity contribution in [2.45, 2.75) is 57.6 Å². The van der Waals surface area contributed by atoms with Gasteiger partial charge in [0.05, 0.1) is 24.8 Å². The Labute approximate surface area is 243 Å². The van der Waals surface area contributed by atoms with E-state index >= 15 is 0 Å². The van der Waals surface area contributed by atoms with E-state index in [1.54, 1.807) is 37.3 Å². The number of methoxy groups -OCH3 is 2. The van der Waals surface area contributed by atoms with Crippen LogP contribution in [0.5, 0.6) is 11.5 Å². The number of carbonyl (C=O) groups excluding carboxylic acids is 2. The number of hydrogen-bond acceptors (Lipinski definition) is 6. The summed E-state index contributed by atoms with van der Waals surface area (Å²) in [5, 5.41) is 2.93. The van der Waals surface area contributed by atoms with Crippen LogP contribution >= 0.6 is 0 Å². The van der Waals surface area contributed by atoms with E-state index < -0.39 is 34.1 Å². The maximum Gasteiger partial charge on any atom is 0.264 e. The van der Waals surface area contributed by atoms with Gasteiger partial charge in [-0.25, -0.2) is 8.42 Å². The Hall–Kier alpha value is -4.05. The fourth-order valence-electron chi connectivity index (χ4n) is 4.29. The smallest absolute Gasteiger partial charge is 0.264 e. The molecule has 0 aliphatic heterocycles. The summed E-state index contributed by atoms with van der Waals surface area (Å²) in [6.45, 7) is 8.76. The quantitative estimate of drug-likeness (QED) is 0.357. The molecule has 41 heavy (non-hydrogen) atoms. The van der Waals surface area contributed by atoms with Crippen molar-refractivity contribution in [2.75, 3.05) is 25.1 Å². The molecule has 0 unspecified atom stereocenters. The Bertz CT molecular complexity index is 1470. The Morgan fingerprint density at radius 3 is 2.15 bits per heavy atom. The van der Waals surface area contributed by atoms with Gasteiger partial charge >= 0.3 is 0 Å². The normalized spacial score (nSPS) is 12.3. The molecule has 2 amide bonds. The third kappa shape index (κ3) is 8.00. The van der Waals surface area contributed by atoms with Crippen molar-refractivity contribution in [1.29, 1.82) is 0 Å². The second-order valence-corrected chi connectivity index (χ2v) is 12.7. The lowest BCUT2D eigenvalue weighted by molar-refractivity contribution is -0.140. The number of nitrogens with zero attached hydrogens (tertiary/aromatic N) is 2. The van der Waals surface area contributed by atoms with Gasteiger partial charge in [-0.2, -0.15) is 0 Å². The zero-order valence-corrected chi connectivity index (χ0v) is 25.5. The molecule has 10 heteroatoms. The predicted molar refractivity (Wildman–Crippen MR) is 160 cm³/mol. The van der Waals surface area contributed by atoms with Crippen molar-refractivity contribution in [3.8, 4) is 11.5 Å². The first-order valence-corrected chi connectivity index (χ1v) is 14.7. The molecule has 1 atom stereocenters. The number of anilines is 1. The van der Waals surface area contributed by atoms with E-state index in [0.29, 0.717) is 11.4 Å². The van der Waals surface area contributed by atoms with Crippen molar-refractivity contribution in [1.82, 2.24) is 10.2 Å². The van der Waals surface area contributed by atoms with Crippen LogP contribution in [0.25, 0.3) is 0 Å². The molecule has 1 N–H and O–H groups in total. The molecule has 0 fully saturated rings. The van der Waals surface area contributed by atoms with Gasteiger partial charge in [-0.15, -0.1) is 0 Å². The minimum absolute atomic E-state index is 0.0736. The highest BCUT2D eigenvalue weighted by Crippen LogP contribution is 2.32. The average Bonchev–Trinajstić information content (AvgIpc) is 2.93. The summed E-state index contributed by atoms with van der Waals surface area (Å²) in [5.41, 5.74) is 1.61. The van der Waals surface area contributed by atoms with Crippen LogP contribution < -0.4 is 19.1 Å². The molecule has 0 aliphatic carbocycles. The summed E-state index contributed by atoms with van der Waals surface area (Å²) in [5.74, 6) is -0.262. The van der Waals surface area contributed by atoms with Gasteiger partial charge in [0.2, 0.25) is 11.8 Å². The van der Waals surface area contributed by atoms with Crippen molar-refractivity contribution in [3.05, 3.63) is 83.9 Å². The molecule has 0 spiro atoms. The second-order valence-electron chi connectivity index (χ2n) is 10.8. The maximum atomic E-state index is 14.0.